The van der Waals surface area contributed by atoms with Crippen LogP contribution in [0.3, 0.4) is 0 Å². The molecule has 3 aromatic heterocycles. The molecule has 0 amide bonds. The molecule has 0 aliphatic rings. The first-order valence-electron chi connectivity index (χ1n) is 7.17. The normalized spacial score (nSPS) is 11.3. The molecule has 0 bridgehead atoms. The lowest BCUT2D eigenvalue weighted by molar-refractivity contribution is 0.581. The molecule has 0 saturated carbocycles. The van der Waals surface area contributed by atoms with Gasteiger partial charge in [-0.15, -0.1) is 10.2 Å². The van der Waals surface area contributed by atoms with Crippen molar-refractivity contribution in [3.8, 4) is 23.0 Å². The number of aryl methyl sites for hydroxylation is 2. The Hall–Kier alpha value is -2.66. The molecule has 0 saturated heterocycles. The Morgan fingerprint density at radius 1 is 1.00 bits per heavy atom. The van der Waals surface area contributed by atoms with Crippen LogP contribution in [0.2, 0.25) is 5.02 Å². The highest BCUT2D eigenvalue weighted by Crippen LogP contribution is 2.27. The SMILES string of the molecule is Cc1ccn2c(-c3nnc(-c4ccc(Cl)cc4)o3)c(C)nc2c1. The van der Waals surface area contributed by atoms with E-state index in [0.29, 0.717) is 16.8 Å². The quantitative estimate of drug-likeness (QED) is 0.551. The van der Waals surface area contributed by atoms with Crippen LogP contribution in [0, 0.1) is 13.8 Å². The van der Waals surface area contributed by atoms with Crippen LogP contribution in [0.1, 0.15) is 11.3 Å². The molecule has 1 aromatic carbocycles. The summed E-state index contributed by atoms with van der Waals surface area (Å²) in [4.78, 5) is 4.56. The van der Waals surface area contributed by atoms with Crippen LogP contribution in [-0.2, 0) is 0 Å². The van der Waals surface area contributed by atoms with Crippen molar-refractivity contribution in [1.82, 2.24) is 19.6 Å². The van der Waals surface area contributed by atoms with Crippen LogP contribution >= 0.6 is 11.6 Å². The molecule has 0 unspecified atom stereocenters. The summed E-state index contributed by atoms with van der Waals surface area (Å²) in [5, 5.41) is 8.99. The lowest BCUT2D eigenvalue weighted by Crippen LogP contribution is -1.89. The van der Waals surface area contributed by atoms with Crippen molar-refractivity contribution in [3.05, 3.63) is 58.9 Å². The van der Waals surface area contributed by atoms with E-state index < -0.39 is 0 Å². The number of fused-ring (bicyclic) bond motifs is 1. The zero-order chi connectivity index (χ0) is 16.0. The first-order valence-corrected chi connectivity index (χ1v) is 7.55. The van der Waals surface area contributed by atoms with Gasteiger partial charge in [-0.3, -0.25) is 4.40 Å². The first kappa shape index (κ1) is 14.0. The number of rotatable bonds is 2. The standard InChI is InChI=1S/C17H13ClN4O/c1-10-7-8-22-14(9-10)19-11(2)15(22)17-21-20-16(23-17)12-3-5-13(18)6-4-12/h3-9H,1-2H3. The van der Waals surface area contributed by atoms with Crippen LogP contribution in [-0.4, -0.2) is 19.6 Å². The second kappa shape index (κ2) is 5.21. The van der Waals surface area contributed by atoms with E-state index in [0.717, 1.165) is 28.2 Å². The zero-order valence-corrected chi connectivity index (χ0v) is 13.4. The molecule has 114 valence electrons. The van der Waals surface area contributed by atoms with E-state index in [1.165, 1.54) is 0 Å². The molecule has 0 aliphatic heterocycles. The van der Waals surface area contributed by atoms with Gasteiger partial charge in [-0.25, -0.2) is 4.98 Å². The highest BCUT2D eigenvalue weighted by atomic mass is 35.5. The van der Waals surface area contributed by atoms with Crippen molar-refractivity contribution in [3.63, 3.8) is 0 Å². The van der Waals surface area contributed by atoms with Gasteiger partial charge in [0.25, 0.3) is 5.89 Å². The molecule has 0 spiro atoms. The minimum absolute atomic E-state index is 0.448. The van der Waals surface area contributed by atoms with Gasteiger partial charge in [-0.1, -0.05) is 11.6 Å². The molecule has 6 heteroatoms. The Balaban J connectivity index is 1.83. The van der Waals surface area contributed by atoms with E-state index >= 15 is 0 Å². The number of nitrogens with zero attached hydrogens (tertiary/aromatic N) is 4. The lowest BCUT2D eigenvalue weighted by Gasteiger charge is -1.99. The Kier molecular flexibility index (Phi) is 3.16. The van der Waals surface area contributed by atoms with Crippen molar-refractivity contribution in [2.45, 2.75) is 13.8 Å². The van der Waals surface area contributed by atoms with Crippen molar-refractivity contribution in [2.75, 3.05) is 0 Å². The number of hydrogen-bond acceptors (Lipinski definition) is 4. The maximum atomic E-state index is 5.91. The van der Waals surface area contributed by atoms with E-state index in [2.05, 4.69) is 15.2 Å². The van der Waals surface area contributed by atoms with E-state index in [1.54, 1.807) is 12.1 Å². The van der Waals surface area contributed by atoms with Gasteiger partial charge in [0.1, 0.15) is 11.3 Å². The summed E-state index contributed by atoms with van der Waals surface area (Å²) in [6, 6.07) is 11.3. The molecule has 0 N–H and O–H groups in total. The monoisotopic (exact) mass is 324 g/mol. The number of imidazole rings is 1. The predicted molar refractivity (Wildman–Crippen MR) is 88.4 cm³/mol. The van der Waals surface area contributed by atoms with E-state index in [4.69, 9.17) is 16.0 Å². The third-order valence-corrected chi connectivity index (χ3v) is 3.93. The molecular formula is C17H13ClN4O. The van der Waals surface area contributed by atoms with Crippen LogP contribution in [0.15, 0.2) is 47.0 Å². The predicted octanol–water partition coefficient (Wildman–Crippen LogP) is 4.32. The molecule has 4 rings (SSSR count). The summed E-state index contributed by atoms with van der Waals surface area (Å²) in [6.07, 6.45) is 1.96. The van der Waals surface area contributed by atoms with Crippen LogP contribution < -0.4 is 0 Å². The van der Waals surface area contributed by atoms with Gasteiger partial charge < -0.3 is 4.42 Å². The fraction of sp³-hybridized carbons (Fsp3) is 0.118. The molecule has 5 nitrogen and oxygen atoms in total. The fourth-order valence-electron chi connectivity index (χ4n) is 2.55. The molecule has 0 fully saturated rings. The summed E-state index contributed by atoms with van der Waals surface area (Å²) in [7, 11) is 0. The van der Waals surface area contributed by atoms with Crippen molar-refractivity contribution in [1.29, 1.82) is 0 Å². The second-order valence-corrected chi connectivity index (χ2v) is 5.83. The summed E-state index contributed by atoms with van der Waals surface area (Å²) in [6.45, 7) is 3.97. The third kappa shape index (κ3) is 2.39. The van der Waals surface area contributed by atoms with Gasteiger partial charge in [0.05, 0.1) is 5.69 Å². The van der Waals surface area contributed by atoms with Crippen LogP contribution in [0.5, 0.6) is 0 Å². The molecule has 0 radical (unpaired) electrons. The first-order chi connectivity index (χ1) is 11.1. The molecular weight excluding hydrogens is 312 g/mol. The van der Waals surface area contributed by atoms with Crippen molar-refractivity contribution >= 4 is 17.2 Å². The van der Waals surface area contributed by atoms with Gasteiger partial charge >= 0.3 is 0 Å². The lowest BCUT2D eigenvalue weighted by atomic mass is 10.2. The zero-order valence-electron chi connectivity index (χ0n) is 12.6. The number of halogens is 1. The summed E-state index contributed by atoms with van der Waals surface area (Å²) in [5.41, 5.74) is 4.51. The maximum absolute atomic E-state index is 5.91. The van der Waals surface area contributed by atoms with E-state index in [9.17, 15) is 0 Å². The van der Waals surface area contributed by atoms with E-state index in [1.807, 2.05) is 48.7 Å². The third-order valence-electron chi connectivity index (χ3n) is 3.67. The Morgan fingerprint density at radius 3 is 2.52 bits per heavy atom. The smallest absolute Gasteiger partial charge is 0.266 e. The fourth-order valence-corrected chi connectivity index (χ4v) is 2.68. The Labute approximate surface area is 137 Å². The number of pyridine rings is 1. The highest BCUT2D eigenvalue weighted by molar-refractivity contribution is 6.30. The molecule has 0 aliphatic carbocycles. The summed E-state index contributed by atoms with van der Waals surface area (Å²) in [5.74, 6) is 0.905. The summed E-state index contributed by atoms with van der Waals surface area (Å²) >= 11 is 5.91. The molecule has 0 atom stereocenters. The largest absolute Gasteiger partial charge is 0.415 e. The van der Waals surface area contributed by atoms with Gasteiger partial charge in [0.15, 0.2) is 0 Å². The van der Waals surface area contributed by atoms with Crippen LogP contribution in [0.4, 0.5) is 0 Å². The van der Waals surface area contributed by atoms with Gasteiger partial charge in [0.2, 0.25) is 5.89 Å². The Morgan fingerprint density at radius 2 is 1.74 bits per heavy atom. The maximum Gasteiger partial charge on any atom is 0.266 e. The topological polar surface area (TPSA) is 56.2 Å². The highest BCUT2D eigenvalue weighted by Gasteiger charge is 2.18. The Bertz CT molecular complexity index is 1000. The average molecular weight is 325 g/mol. The molecule has 3 heterocycles. The van der Waals surface area contributed by atoms with Gasteiger partial charge in [-0.05, 0) is 55.8 Å². The number of hydrogen-bond donors (Lipinski definition) is 0. The van der Waals surface area contributed by atoms with Crippen molar-refractivity contribution < 1.29 is 4.42 Å². The van der Waals surface area contributed by atoms with Gasteiger partial charge in [-0.2, -0.15) is 0 Å². The second-order valence-electron chi connectivity index (χ2n) is 5.40. The minimum Gasteiger partial charge on any atom is -0.415 e. The number of benzene rings is 1. The number of aromatic nitrogens is 4. The van der Waals surface area contributed by atoms with Crippen molar-refractivity contribution in [2.24, 2.45) is 0 Å². The average Bonchev–Trinajstić information content (AvgIpc) is 3.11. The van der Waals surface area contributed by atoms with Crippen LogP contribution in [0.25, 0.3) is 28.7 Å². The van der Waals surface area contributed by atoms with E-state index in [-0.39, 0.29) is 0 Å². The molecule has 23 heavy (non-hydrogen) atoms. The molecule has 4 aromatic rings. The van der Waals surface area contributed by atoms with Gasteiger partial charge in [0, 0.05) is 16.8 Å². The summed E-state index contributed by atoms with van der Waals surface area (Å²) < 4.78 is 7.81. The minimum atomic E-state index is 0.448.